The number of benzene rings is 1. The van der Waals surface area contributed by atoms with Crippen LogP contribution < -0.4 is 9.62 Å². The number of rotatable bonds is 7. The first kappa shape index (κ1) is 19.0. The molecule has 1 aliphatic rings. The van der Waals surface area contributed by atoms with Gasteiger partial charge in [-0.25, -0.2) is 8.42 Å². The van der Waals surface area contributed by atoms with E-state index in [4.69, 9.17) is 16.3 Å². The van der Waals surface area contributed by atoms with Crippen LogP contribution in [0.5, 0.6) is 0 Å². The summed E-state index contributed by atoms with van der Waals surface area (Å²) < 4.78 is 30.9. The number of anilines is 1. The molecule has 134 valence electrons. The van der Waals surface area contributed by atoms with Crippen molar-refractivity contribution in [3.63, 3.8) is 0 Å². The number of hydrogen-bond acceptors (Lipinski definition) is 4. The quantitative estimate of drug-likeness (QED) is 0.793. The molecule has 0 saturated carbocycles. The SMILES string of the molecule is Cc1c(Cl)cccc1N(CCC(=O)NCC1CCCO1)S(C)(=O)=O. The van der Waals surface area contributed by atoms with Crippen LogP contribution in [0.15, 0.2) is 18.2 Å². The van der Waals surface area contributed by atoms with Crippen molar-refractivity contribution in [3.8, 4) is 0 Å². The fourth-order valence-electron chi connectivity index (χ4n) is 2.66. The highest BCUT2D eigenvalue weighted by Crippen LogP contribution is 2.28. The molecule has 0 radical (unpaired) electrons. The predicted octanol–water partition coefficient (Wildman–Crippen LogP) is 2.10. The van der Waals surface area contributed by atoms with Crippen molar-refractivity contribution in [1.82, 2.24) is 5.32 Å². The van der Waals surface area contributed by atoms with E-state index in [9.17, 15) is 13.2 Å². The van der Waals surface area contributed by atoms with Crippen LogP contribution >= 0.6 is 11.6 Å². The van der Waals surface area contributed by atoms with Crippen LogP contribution in [0.2, 0.25) is 5.02 Å². The number of nitrogens with one attached hydrogen (secondary N) is 1. The van der Waals surface area contributed by atoms with Crippen molar-refractivity contribution in [2.45, 2.75) is 32.3 Å². The Hall–Kier alpha value is -1.31. The van der Waals surface area contributed by atoms with E-state index in [0.29, 0.717) is 22.8 Å². The highest BCUT2D eigenvalue weighted by Gasteiger charge is 2.22. The molecule has 24 heavy (non-hydrogen) atoms. The molecule has 2 rings (SSSR count). The van der Waals surface area contributed by atoms with Gasteiger partial charge in [0.15, 0.2) is 0 Å². The van der Waals surface area contributed by atoms with E-state index in [-0.39, 0.29) is 25.0 Å². The number of nitrogens with zero attached hydrogens (tertiary/aromatic N) is 1. The number of hydrogen-bond donors (Lipinski definition) is 1. The summed E-state index contributed by atoms with van der Waals surface area (Å²) in [6.45, 7) is 3.02. The van der Waals surface area contributed by atoms with Crippen molar-refractivity contribution < 1.29 is 17.9 Å². The average molecular weight is 375 g/mol. The van der Waals surface area contributed by atoms with E-state index in [2.05, 4.69) is 5.32 Å². The van der Waals surface area contributed by atoms with Crippen molar-refractivity contribution >= 4 is 33.2 Å². The smallest absolute Gasteiger partial charge is 0.232 e. The number of ether oxygens (including phenoxy) is 1. The Morgan fingerprint density at radius 2 is 2.21 bits per heavy atom. The Bertz CT molecular complexity index is 687. The first-order chi connectivity index (χ1) is 11.3. The standard InChI is InChI=1S/C16H23ClN2O4S/c1-12-14(17)6-3-7-15(12)19(24(2,21)22)9-8-16(20)18-11-13-5-4-10-23-13/h3,6-7,13H,4-5,8-11H2,1-2H3,(H,18,20). The average Bonchev–Trinajstić information content (AvgIpc) is 3.01. The van der Waals surface area contributed by atoms with Gasteiger partial charge in [-0.15, -0.1) is 0 Å². The van der Waals surface area contributed by atoms with Crippen LogP contribution in [0.4, 0.5) is 5.69 Å². The third-order valence-electron chi connectivity index (χ3n) is 4.00. The van der Waals surface area contributed by atoms with Gasteiger partial charge in [0, 0.05) is 31.1 Å². The third-order valence-corrected chi connectivity index (χ3v) is 5.59. The van der Waals surface area contributed by atoms with Crippen molar-refractivity contribution in [2.24, 2.45) is 0 Å². The molecule has 1 fully saturated rings. The van der Waals surface area contributed by atoms with Gasteiger partial charge >= 0.3 is 0 Å². The summed E-state index contributed by atoms with van der Waals surface area (Å²) in [6, 6.07) is 5.09. The van der Waals surface area contributed by atoms with Crippen molar-refractivity contribution in [1.29, 1.82) is 0 Å². The molecule has 1 aromatic carbocycles. The molecule has 1 atom stereocenters. The summed E-state index contributed by atoms with van der Waals surface area (Å²) in [6.07, 6.45) is 3.21. The molecular weight excluding hydrogens is 352 g/mol. The summed E-state index contributed by atoms with van der Waals surface area (Å²) in [5, 5.41) is 3.29. The van der Waals surface area contributed by atoms with Crippen LogP contribution in [-0.4, -0.2) is 46.4 Å². The molecular formula is C16H23ClN2O4S. The third kappa shape index (κ3) is 5.09. The van der Waals surface area contributed by atoms with Gasteiger partial charge in [0.2, 0.25) is 15.9 Å². The van der Waals surface area contributed by atoms with E-state index in [0.717, 1.165) is 25.7 Å². The molecule has 1 unspecified atom stereocenters. The van der Waals surface area contributed by atoms with Gasteiger partial charge in [-0.2, -0.15) is 0 Å². The topological polar surface area (TPSA) is 75.7 Å². The highest BCUT2D eigenvalue weighted by atomic mass is 35.5. The van der Waals surface area contributed by atoms with E-state index in [1.54, 1.807) is 25.1 Å². The Morgan fingerprint density at radius 1 is 1.46 bits per heavy atom. The molecule has 1 N–H and O–H groups in total. The van der Waals surface area contributed by atoms with Crippen LogP contribution in [-0.2, 0) is 19.6 Å². The van der Waals surface area contributed by atoms with Gasteiger partial charge in [0.25, 0.3) is 0 Å². The molecule has 0 aliphatic carbocycles. The molecule has 6 nitrogen and oxygen atoms in total. The summed E-state index contributed by atoms with van der Waals surface area (Å²) in [4.78, 5) is 12.0. The summed E-state index contributed by atoms with van der Waals surface area (Å²) >= 11 is 6.08. The minimum absolute atomic E-state index is 0.0649. The number of sulfonamides is 1. The lowest BCUT2D eigenvalue weighted by atomic mass is 10.2. The van der Waals surface area contributed by atoms with Crippen LogP contribution in [0, 0.1) is 6.92 Å². The molecule has 1 amide bonds. The molecule has 1 saturated heterocycles. The normalized spacial score (nSPS) is 17.7. The lowest BCUT2D eigenvalue weighted by molar-refractivity contribution is -0.121. The van der Waals surface area contributed by atoms with Crippen LogP contribution in [0.25, 0.3) is 0 Å². The Balaban J connectivity index is 1.99. The zero-order valence-electron chi connectivity index (χ0n) is 13.9. The maximum absolute atomic E-state index is 12.1. The van der Waals surface area contributed by atoms with Gasteiger partial charge in [-0.05, 0) is 37.5 Å². The molecule has 8 heteroatoms. The zero-order valence-corrected chi connectivity index (χ0v) is 15.5. The maximum atomic E-state index is 12.1. The first-order valence-electron chi connectivity index (χ1n) is 7.90. The molecule has 0 aromatic heterocycles. The second-order valence-electron chi connectivity index (χ2n) is 5.91. The minimum Gasteiger partial charge on any atom is -0.376 e. The number of carbonyl (C=O) groups excluding carboxylic acids is 1. The first-order valence-corrected chi connectivity index (χ1v) is 10.1. The Labute approximate surface area is 148 Å². The second-order valence-corrected chi connectivity index (χ2v) is 8.22. The van der Waals surface area contributed by atoms with Gasteiger partial charge in [-0.3, -0.25) is 9.10 Å². The van der Waals surface area contributed by atoms with Gasteiger partial charge < -0.3 is 10.1 Å². The largest absolute Gasteiger partial charge is 0.376 e. The van der Waals surface area contributed by atoms with E-state index >= 15 is 0 Å². The van der Waals surface area contributed by atoms with Crippen molar-refractivity contribution in [3.05, 3.63) is 28.8 Å². The summed E-state index contributed by atoms with van der Waals surface area (Å²) in [5.74, 6) is -0.196. The zero-order chi connectivity index (χ0) is 17.7. The Morgan fingerprint density at radius 3 is 2.83 bits per heavy atom. The fraction of sp³-hybridized carbons (Fsp3) is 0.562. The Kier molecular flexibility index (Phi) is 6.48. The maximum Gasteiger partial charge on any atom is 0.232 e. The minimum atomic E-state index is -3.51. The molecule has 1 aromatic rings. The van der Waals surface area contributed by atoms with Gasteiger partial charge in [-0.1, -0.05) is 17.7 Å². The van der Waals surface area contributed by atoms with E-state index < -0.39 is 10.0 Å². The molecule has 0 bridgehead atoms. The lowest BCUT2D eigenvalue weighted by Crippen LogP contribution is -2.37. The second kappa shape index (κ2) is 8.18. The van der Waals surface area contributed by atoms with Gasteiger partial charge in [0.1, 0.15) is 0 Å². The lowest BCUT2D eigenvalue weighted by Gasteiger charge is -2.24. The predicted molar refractivity (Wildman–Crippen MR) is 95.0 cm³/mol. The summed E-state index contributed by atoms with van der Waals surface area (Å²) in [5.41, 5.74) is 1.17. The number of halogens is 1. The highest BCUT2D eigenvalue weighted by molar-refractivity contribution is 7.92. The molecule has 0 spiro atoms. The van der Waals surface area contributed by atoms with E-state index in [1.165, 1.54) is 4.31 Å². The summed E-state index contributed by atoms with van der Waals surface area (Å²) in [7, 11) is -3.51. The van der Waals surface area contributed by atoms with Crippen molar-refractivity contribution in [2.75, 3.05) is 30.3 Å². The fourth-order valence-corrected chi connectivity index (χ4v) is 3.80. The number of amides is 1. The molecule has 1 aliphatic heterocycles. The van der Waals surface area contributed by atoms with Crippen LogP contribution in [0.1, 0.15) is 24.8 Å². The number of carbonyl (C=O) groups is 1. The molecule has 1 heterocycles. The van der Waals surface area contributed by atoms with Crippen LogP contribution in [0.3, 0.4) is 0 Å². The monoisotopic (exact) mass is 374 g/mol. The van der Waals surface area contributed by atoms with E-state index in [1.807, 2.05) is 0 Å². The van der Waals surface area contributed by atoms with Gasteiger partial charge in [0.05, 0.1) is 18.0 Å².